The molecule has 7 heteroatoms. The minimum atomic E-state index is -0.442. The molecule has 224 valence electrons. The van der Waals surface area contributed by atoms with Gasteiger partial charge >= 0.3 is 11.9 Å². The van der Waals surface area contributed by atoms with Crippen LogP contribution in [0.3, 0.4) is 0 Å². The van der Waals surface area contributed by atoms with Gasteiger partial charge in [-0.05, 0) is 94.1 Å². The molecule has 40 heavy (non-hydrogen) atoms. The van der Waals surface area contributed by atoms with E-state index in [1.165, 1.54) is 89.0 Å². The minimum Gasteiger partial charge on any atom is -0.466 e. The van der Waals surface area contributed by atoms with Crippen molar-refractivity contribution in [2.45, 2.75) is 128 Å². The van der Waals surface area contributed by atoms with Crippen LogP contribution in [-0.2, 0) is 19.1 Å². The van der Waals surface area contributed by atoms with Crippen LogP contribution in [0.4, 0.5) is 0 Å². The van der Waals surface area contributed by atoms with Crippen molar-refractivity contribution in [2.24, 2.45) is 28.3 Å². The Morgan fingerprint density at radius 3 is 2.15 bits per heavy atom. The maximum atomic E-state index is 12.4. The van der Waals surface area contributed by atoms with Gasteiger partial charge in [-0.1, -0.05) is 70.1 Å². The second kappa shape index (κ2) is 17.8. The maximum Gasteiger partial charge on any atom is 0.311 e. The molecule has 0 radical (unpaired) electrons. The van der Waals surface area contributed by atoms with Gasteiger partial charge in [-0.3, -0.25) is 9.59 Å². The van der Waals surface area contributed by atoms with Crippen molar-refractivity contribution in [3.63, 3.8) is 0 Å². The molecule has 6 nitrogen and oxygen atoms in total. The van der Waals surface area contributed by atoms with Crippen LogP contribution in [0.15, 0.2) is 40.7 Å². The number of esters is 2. The average Bonchev–Trinajstić information content (AvgIpc) is 2.93. The van der Waals surface area contributed by atoms with Crippen molar-refractivity contribution < 1.29 is 19.1 Å². The zero-order valence-corrected chi connectivity index (χ0v) is 25.6. The predicted molar refractivity (Wildman–Crippen MR) is 163 cm³/mol. The Morgan fingerprint density at radius 2 is 1.52 bits per heavy atom. The Kier molecular flexibility index (Phi) is 14.5. The number of nitroso groups, excluding NO2 is 1. The number of hydrogen-bond donors (Lipinski definition) is 0. The van der Waals surface area contributed by atoms with E-state index in [4.69, 9.17) is 9.47 Å². The summed E-state index contributed by atoms with van der Waals surface area (Å²) < 4.78 is 14.1. The Morgan fingerprint density at radius 1 is 0.900 bits per heavy atom. The first-order chi connectivity index (χ1) is 19.5. The molecule has 0 aromatic rings. The normalized spacial score (nSPS) is 27.5. The molecule has 0 amide bonds. The van der Waals surface area contributed by atoms with E-state index in [1.807, 2.05) is 25.2 Å². The van der Waals surface area contributed by atoms with Crippen molar-refractivity contribution >= 4 is 23.9 Å². The van der Waals surface area contributed by atoms with Gasteiger partial charge in [-0.25, -0.2) is 0 Å². The molecule has 4 fully saturated rings. The Labute approximate surface area is 246 Å². The largest absolute Gasteiger partial charge is 0.466 e. The van der Waals surface area contributed by atoms with Crippen LogP contribution < -0.4 is 0 Å². The lowest BCUT2D eigenvalue weighted by Gasteiger charge is -2.59. The Hall–Kier alpha value is -1.89. The predicted octanol–water partition coefficient (Wildman–Crippen LogP) is 9.40. The molecule has 0 aromatic heterocycles. The summed E-state index contributed by atoms with van der Waals surface area (Å²) in [5, 5.41) is 0. The molecule has 0 atom stereocenters. The van der Waals surface area contributed by atoms with E-state index < -0.39 is 11.9 Å². The van der Waals surface area contributed by atoms with Crippen molar-refractivity contribution in [3.05, 3.63) is 41.0 Å². The van der Waals surface area contributed by atoms with Crippen LogP contribution in [0.2, 0.25) is 0 Å². The van der Waals surface area contributed by atoms with E-state index in [0.717, 1.165) is 24.7 Å². The summed E-state index contributed by atoms with van der Waals surface area (Å²) in [6.07, 6.45) is 27.2. The fourth-order valence-electron chi connectivity index (χ4n) is 7.35. The van der Waals surface area contributed by atoms with Crippen molar-refractivity contribution in [2.75, 3.05) is 6.61 Å². The third-order valence-corrected chi connectivity index (χ3v) is 10.5. The molecule has 4 aliphatic carbocycles. The number of rotatable bonds is 20. The molecule has 0 heterocycles. The number of unbranched alkanes of at least 4 members (excludes halogenated alkanes) is 8. The second-order valence-corrected chi connectivity index (χ2v) is 13.2. The molecule has 4 aliphatic rings. The number of carbonyl (C=O) groups is 2. The second-order valence-electron chi connectivity index (χ2n) is 12.1. The van der Waals surface area contributed by atoms with Gasteiger partial charge in [0.15, 0.2) is 0 Å². The van der Waals surface area contributed by atoms with E-state index in [2.05, 4.69) is 17.6 Å². The smallest absolute Gasteiger partial charge is 0.311 e. The zero-order chi connectivity index (χ0) is 28.6. The first-order valence-electron chi connectivity index (χ1n) is 15.9. The van der Waals surface area contributed by atoms with Crippen LogP contribution in [0.25, 0.3) is 0 Å². The monoisotopic (exact) mass is 573 g/mol. The summed E-state index contributed by atoms with van der Waals surface area (Å²) in [6.45, 7) is 4.42. The van der Waals surface area contributed by atoms with Crippen molar-refractivity contribution in [1.29, 1.82) is 0 Å². The summed E-state index contributed by atoms with van der Waals surface area (Å²) in [6, 6.07) is 0. The third kappa shape index (κ3) is 10.2. The van der Waals surface area contributed by atoms with Crippen LogP contribution in [0.5, 0.6) is 0 Å². The number of hydrogen-bond acceptors (Lipinski definition) is 7. The lowest BCUT2D eigenvalue weighted by molar-refractivity contribution is -0.149. The molecule has 0 N–H and O–H groups in total. The fourth-order valence-corrected chi connectivity index (χ4v) is 8.34. The van der Waals surface area contributed by atoms with Gasteiger partial charge < -0.3 is 9.47 Å². The topological polar surface area (TPSA) is 82.0 Å². The summed E-state index contributed by atoms with van der Waals surface area (Å²) in [5.74, 6) is 2.22. The highest BCUT2D eigenvalue weighted by molar-refractivity contribution is 7.99. The lowest BCUT2D eigenvalue weighted by atomic mass is 9.51. The van der Waals surface area contributed by atoms with Gasteiger partial charge in [0.2, 0.25) is 0 Å². The fraction of sp³-hybridized carbons (Fsp3) is 0.758. The van der Waals surface area contributed by atoms with Gasteiger partial charge in [0, 0.05) is 16.5 Å². The van der Waals surface area contributed by atoms with E-state index in [-0.39, 0.29) is 24.2 Å². The molecule has 0 saturated heterocycles. The van der Waals surface area contributed by atoms with Gasteiger partial charge in [0.05, 0.1) is 24.2 Å². The standard InChI is InChI=1S/C33H51NO5S/c1-3-5-7-8-9-10-11-12-13-14-16-30(15-6-4-2)39-32(36)18-17-31(35)38-20-19-33(40-34-37)28-22-26-21-27(24-28)25-29(33)23-26/h4,6,14-16,26-29H,3,5,7-13,17-25H2,1-2H3. The number of nitrogens with zero attached hydrogens (tertiary/aromatic N) is 1. The van der Waals surface area contributed by atoms with Gasteiger partial charge in [0.1, 0.15) is 5.76 Å². The van der Waals surface area contributed by atoms with Crippen LogP contribution in [0, 0.1) is 28.6 Å². The molecule has 4 saturated carbocycles. The maximum absolute atomic E-state index is 12.4. The van der Waals surface area contributed by atoms with Crippen molar-refractivity contribution in [3.8, 4) is 0 Å². The Balaban J connectivity index is 1.34. The molecule has 4 rings (SSSR count). The number of carbonyl (C=O) groups excluding carboxylic acids is 2. The van der Waals surface area contributed by atoms with E-state index in [1.54, 1.807) is 6.08 Å². The van der Waals surface area contributed by atoms with Crippen LogP contribution in [0.1, 0.15) is 123 Å². The van der Waals surface area contributed by atoms with Crippen LogP contribution >= 0.6 is 11.9 Å². The molecule has 0 aromatic carbocycles. The molecule has 4 bridgehead atoms. The molecular weight excluding hydrogens is 522 g/mol. The van der Waals surface area contributed by atoms with Gasteiger partial charge in [0.25, 0.3) is 0 Å². The third-order valence-electron chi connectivity index (χ3n) is 9.21. The average molecular weight is 574 g/mol. The molecule has 0 unspecified atom stereocenters. The quantitative estimate of drug-likeness (QED) is 0.0360. The van der Waals surface area contributed by atoms with E-state index >= 15 is 0 Å². The first kappa shape index (κ1) is 32.6. The van der Waals surface area contributed by atoms with Gasteiger partial charge in [-0.2, -0.15) is 0 Å². The molecule has 0 spiro atoms. The highest BCUT2D eigenvalue weighted by Crippen LogP contribution is 2.64. The first-order valence-corrected chi connectivity index (χ1v) is 16.6. The van der Waals surface area contributed by atoms with Crippen LogP contribution in [-0.4, -0.2) is 23.3 Å². The zero-order valence-electron chi connectivity index (χ0n) is 24.8. The van der Waals surface area contributed by atoms with E-state index in [0.29, 0.717) is 24.0 Å². The highest BCUT2D eigenvalue weighted by Gasteiger charge is 2.58. The summed E-state index contributed by atoms with van der Waals surface area (Å²) in [5.41, 5.74) is 0. The molecular formula is C33H51NO5S. The summed E-state index contributed by atoms with van der Waals surface area (Å²) >= 11 is 1.20. The highest BCUT2D eigenvalue weighted by atomic mass is 32.2. The lowest BCUT2D eigenvalue weighted by Crippen LogP contribution is -2.56. The SMILES string of the molecule is CC=CC=C(C=CCCCCCCCCCC)OC(=O)CCC(=O)OCCC1(SN=O)C2CC3CC(C2)CC1C3. The number of allylic oxidation sites excluding steroid dienone is 5. The minimum absolute atomic E-state index is 0.0131. The Bertz CT molecular complexity index is 867. The van der Waals surface area contributed by atoms with Crippen molar-refractivity contribution in [1.82, 2.24) is 0 Å². The summed E-state index contributed by atoms with van der Waals surface area (Å²) in [4.78, 5) is 36.2. The summed E-state index contributed by atoms with van der Waals surface area (Å²) in [7, 11) is 0. The van der Waals surface area contributed by atoms with E-state index in [9.17, 15) is 14.5 Å². The van der Waals surface area contributed by atoms with Gasteiger partial charge in [-0.15, -0.1) is 4.91 Å². The number of ether oxygens (including phenoxy) is 2. The molecule has 0 aliphatic heterocycles.